The molecule has 2 aromatic carbocycles. The molecule has 1 aliphatic heterocycles. The first-order chi connectivity index (χ1) is 10.2. The molecule has 2 aromatic rings. The van der Waals surface area contributed by atoms with Crippen LogP contribution < -0.4 is 5.73 Å². The van der Waals surface area contributed by atoms with E-state index in [-0.39, 0.29) is 6.04 Å². The van der Waals surface area contributed by atoms with Crippen LogP contribution in [0.5, 0.6) is 0 Å². The number of halogens is 2. The van der Waals surface area contributed by atoms with E-state index in [9.17, 15) is 0 Å². The van der Waals surface area contributed by atoms with Crippen LogP contribution in [0.2, 0.25) is 5.02 Å². The van der Waals surface area contributed by atoms with Crippen LogP contribution in [0.3, 0.4) is 0 Å². The van der Waals surface area contributed by atoms with Gasteiger partial charge < -0.3 is 0 Å². The van der Waals surface area contributed by atoms with Gasteiger partial charge in [-0.25, -0.2) is 0 Å². The molecule has 1 aliphatic carbocycles. The Morgan fingerprint density at radius 2 is 1.76 bits per heavy atom. The van der Waals surface area contributed by atoms with Gasteiger partial charge in [0.05, 0.1) is 0 Å². The molecule has 1 saturated heterocycles. The Kier molecular flexibility index (Phi) is 3.72. The maximum atomic E-state index is 6.41. The van der Waals surface area contributed by atoms with E-state index < -0.39 is 19.8 Å². The molecule has 2 aliphatic rings. The number of alkyl halides is 2. The van der Waals surface area contributed by atoms with Gasteiger partial charge in [0.1, 0.15) is 0 Å². The summed E-state index contributed by atoms with van der Waals surface area (Å²) in [5, 5.41) is 1.00. The van der Waals surface area contributed by atoms with Crippen LogP contribution in [0.25, 0.3) is 0 Å². The fraction of sp³-hybridized carbons (Fsp3) is 0.333. The summed E-state index contributed by atoms with van der Waals surface area (Å²) in [6, 6.07) is 15.7. The quantitative estimate of drug-likeness (QED) is 0.549. The van der Waals surface area contributed by atoms with Crippen LogP contribution in [-0.2, 0) is 0 Å². The van der Waals surface area contributed by atoms with Crippen molar-refractivity contribution < 1.29 is 0 Å². The first-order valence-corrected chi connectivity index (χ1v) is 12.0. The van der Waals surface area contributed by atoms with Crippen molar-refractivity contribution in [1.29, 1.82) is 0 Å². The standard InChI is InChI=1S/C18H19ClIN/c19-16-7-5-12(11-17(16)20-9-10-20)13-6-8-18(21)15-4-2-1-3-14(13)15/h1-5,7,11,13,18H,6,8-10,21H2/t13-,18+/m0/s1. The van der Waals surface area contributed by atoms with Crippen molar-refractivity contribution in [2.24, 2.45) is 5.73 Å². The number of hydrogen-bond donors (Lipinski definition) is 1. The van der Waals surface area contributed by atoms with Crippen molar-refractivity contribution in [2.45, 2.75) is 24.8 Å². The predicted octanol–water partition coefficient (Wildman–Crippen LogP) is 4.96. The zero-order valence-electron chi connectivity index (χ0n) is 11.9. The first-order valence-electron chi connectivity index (χ1n) is 7.49. The topological polar surface area (TPSA) is 26.0 Å². The fourth-order valence-electron chi connectivity index (χ4n) is 3.34. The summed E-state index contributed by atoms with van der Waals surface area (Å²) in [4.78, 5) is 0. The summed E-state index contributed by atoms with van der Waals surface area (Å²) in [6.07, 6.45) is 2.22. The average Bonchev–Trinajstić information content (AvgIpc) is 3.34. The number of hydrogen-bond acceptors (Lipinski definition) is 1. The number of nitrogens with two attached hydrogens (primary N) is 1. The Morgan fingerprint density at radius 3 is 2.52 bits per heavy atom. The van der Waals surface area contributed by atoms with Gasteiger partial charge in [-0.1, -0.05) is 0 Å². The van der Waals surface area contributed by atoms with Crippen LogP contribution in [0, 0.1) is 3.57 Å². The Morgan fingerprint density at radius 1 is 1.00 bits per heavy atom. The van der Waals surface area contributed by atoms with Gasteiger partial charge in [0.15, 0.2) is 0 Å². The third kappa shape index (κ3) is 2.62. The van der Waals surface area contributed by atoms with Crippen molar-refractivity contribution in [3.05, 3.63) is 67.7 Å². The summed E-state index contributed by atoms with van der Waals surface area (Å²) >= 11 is 5.58. The number of rotatable bonds is 2. The predicted molar refractivity (Wildman–Crippen MR) is 98.4 cm³/mol. The summed E-state index contributed by atoms with van der Waals surface area (Å²) in [5.41, 5.74) is 10.5. The average molecular weight is 412 g/mol. The molecule has 0 radical (unpaired) electrons. The van der Waals surface area contributed by atoms with Gasteiger partial charge in [0.2, 0.25) is 0 Å². The van der Waals surface area contributed by atoms with Crippen molar-refractivity contribution in [1.82, 2.24) is 0 Å². The van der Waals surface area contributed by atoms with Crippen LogP contribution in [0.15, 0.2) is 42.5 Å². The Balaban J connectivity index is 1.77. The molecule has 1 heterocycles. The monoisotopic (exact) mass is 411 g/mol. The molecular weight excluding hydrogens is 393 g/mol. The number of benzene rings is 2. The number of fused-ring (bicyclic) bond motifs is 1. The molecule has 0 saturated carbocycles. The molecule has 110 valence electrons. The second-order valence-corrected chi connectivity index (χ2v) is 12.2. The van der Waals surface area contributed by atoms with Crippen LogP contribution in [0.4, 0.5) is 0 Å². The molecule has 21 heavy (non-hydrogen) atoms. The molecule has 1 nitrogen and oxygen atoms in total. The summed E-state index contributed by atoms with van der Waals surface area (Å²) in [6.45, 7) is 0. The SMILES string of the molecule is N[C@@H]1CC[C@@H](c2ccc(Cl)c(I3CC3)c2)c2ccccc21. The Labute approximate surface area is 138 Å². The minimum atomic E-state index is -0.828. The van der Waals surface area contributed by atoms with E-state index >= 15 is 0 Å². The van der Waals surface area contributed by atoms with Gasteiger partial charge in [-0.05, 0) is 0 Å². The van der Waals surface area contributed by atoms with Crippen molar-refractivity contribution >= 4 is 31.4 Å². The molecular formula is C18H19ClIN. The van der Waals surface area contributed by atoms with Crippen molar-refractivity contribution in [2.75, 3.05) is 8.86 Å². The maximum absolute atomic E-state index is 6.41. The molecule has 0 bridgehead atoms. The van der Waals surface area contributed by atoms with Gasteiger partial charge >= 0.3 is 139 Å². The molecule has 1 fully saturated rings. The molecule has 4 rings (SSSR count). The molecule has 0 spiro atoms. The van der Waals surface area contributed by atoms with E-state index in [4.69, 9.17) is 17.3 Å². The minimum absolute atomic E-state index is 0.197. The second-order valence-electron chi connectivity index (χ2n) is 5.87. The van der Waals surface area contributed by atoms with E-state index in [1.54, 1.807) is 0 Å². The molecule has 0 amide bonds. The van der Waals surface area contributed by atoms with Gasteiger partial charge in [-0.2, -0.15) is 0 Å². The van der Waals surface area contributed by atoms with E-state index in [1.165, 1.54) is 29.1 Å². The van der Waals surface area contributed by atoms with Crippen LogP contribution in [0.1, 0.15) is 41.5 Å². The third-order valence-corrected chi connectivity index (χ3v) is 9.89. The second kappa shape index (κ2) is 5.56. The normalized spacial score (nSPS) is 25.5. The van der Waals surface area contributed by atoms with Crippen LogP contribution in [-0.4, -0.2) is 8.86 Å². The van der Waals surface area contributed by atoms with Gasteiger partial charge in [0, 0.05) is 0 Å². The molecule has 0 aromatic heterocycles. The molecule has 3 heteroatoms. The first kappa shape index (κ1) is 14.0. The van der Waals surface area contributed by atoms with Crippen LogP contribution >= 0.6 is 31.4 Å². The summed E-state index contributed by atoms with van der Waals surface area (Å²) < 4.78 is 4.39. The van der Waals surface area contributed by atoms with E-state index in [1.807, 2.05) is 0 Å². The Hall–Kier alpha value is -0.580. The molecule has 0 unspecified atom stereocenters. The zero-order valence-corrected chi connectivity index (χ0v) is 14.8. The zero-order chi connectivity index (χ0) is 14.4. The third-order valence-electron chi connectivity index (χ3n) is 4.55. The van der Waals surface area contributed by atoms with E-state index in [0.29, 0.717) is 5.92 Å². The molecule has 2 atom stereocenters. The van der Waals surface area contributed by atoms with Gasteiger partial charge in [0.25, 0.3) is 0 Å². The fourth-order valence-corrected chi connectivity index (χ4v) is 8.58. The van der Waals surface area contributed by atoms with E-state index in [2.05, 4.69) is 42.5 Å². The summed E-state index contributed by atoms with van der Waals surface area (Å²) in [5.74, 6) is 0.493. The van der Waals surface area contributed by atoms with Crippen molar-refractivity contribution in [3.63, 3.8) is 0 Å². The van der Waals surface area contributed by atoms with Gasteiger partial charge in [-0.3, -0.25) is 0 Å². The Bertz CT molecular complexity index is 681. The molecule has 2 N–H and O–H groups in total. The van der Waals surface area contributed by atoms with E-state index in [0.717, 1.165) is 17.9 Å². The summed E-state index contributed by atoms with van der Waals surface area (Å²) in [7, 11) is 0. The van der Waals surface area contributed by atoms with Crippen molar-refractivity contribution in [3.8, 4) is 0 Å². The van der Waals surface area contributed by atoms with Gasteiger partial charge in [-0.15, -0.1) is 0 Å².